The van der Waals surface area contributed by atoms with Crippen molar-refractivity contribution in [1.82, 2.24) is 0 Å². The molecule has 486 valence electrons. The monoisotopic (exact) mass is 1440 g/mol. The standard InChI is InChI=1S/C32H33FN2O7S.C29H29FN2O5S.C3H5BrO2.CH2O3.2K.H/c1-22(19-31(36)41-3)34(20-23-9-11-24(33)12-10-23)29-17-18-30(28-8-6-5-7-27(28)29)35(21-32(37)42-4)43(38,39)26-15-13-25(40-2)14-16-26;1-20(18-29(33)37-3)32(19-21-8-10-22(30)11-9-21)28-17-16-27(25-6-4-5-7-26(25)28)31-38(34,35)24-14-12-23(36-2)13-15-24;1-6-3(5)2-4;2-1-4-3;;;/h5-18,22H,19-21H2,1-4H3;4-17,20,31H,18-19H2,1-3H3;2H2,1H3;1,3H;;;/q;;;;2*+1;-1/p-1/t22-;20-;;;;;/m00...../s1. The topological polar surface area (TPSA) is 263 Å². The van der Waals surface area contributed by atoms with Gasteiger partial charge in [0.2, 0.25) is 0 Å². The van der Waals surface area contributed by atoms with Crippen LogP contribution in [-0.2, 0) is 80.9 Å². The molecule has 0 aliphatic carbocycles. The van der Waals surface area contributed by atoms with E-state index in [-0.39, 0.29) is 180 Å². The number of hydrogen-bond acceptors (Lipinski definition) is 19. The summed E-state index contributed by atoms with van der Waals surface area (Å²) >= 11 is 2.90. The van der Waals surface area contributed by atoms with Crippen LogP contribution in [0.1, 0.15) is 39.2 Å². The molecule has 0 aliphatic heterocycles. The molecule has 0 fully saturated rings. The van der Waals surface area contributed by atoms with Gasteiger partial charge in [0, 0.05) is 58.1 Å². The number of rotatable bonds is 24. The van der Waals surface area contributed by atoms with E-state index in [0.717, 1.165) is 26.5 Å². The van der Waals surface area contributed by atoms with E-state index in [1.165, 1.54) is 103 Å². The molecule has 28 heteroatoms. The first kappa shape index (κ1) is 81.1. The van der Waals surface area contributed by atoms with Crippen LogP contribution in [0, 0.1) is 11.6 Å². The molecule has 8 rings (SSSR count). The Labute approximate surface area is 634 Å². The molecule has 0 amide bonds. The predicted molar refractivity (Wildman–Crippen MR) is 343 cm³/mol. The van der Waals surface area contributed by atoms with Crippen molar-refractivity contribution in [2.45, 2.75) is 61.7 Å². The SMILES string of the molecule is COC(=O)CBr.COC(=O)C[C@H](C)N(Cc1ccc(F)cc1)c1ccc(N(CC(=O)OC)S(=O)(=O)c2ccc(OC)cc2)c2ccccc12.COC(=O)C[C@H](C)N(Cc1ccc(F)cc1)c1ccc(NS(=O)(=O)c2ccc(OC)cc2)c2ccccc12.O=CO[O-].[H-].[K+].[K+]. The number of methoxy groups -OCH3 is 6. The maximum Gasteiger partial charge on any atom is 1.00 e. The van der Waals surface area contributed by atoms with Gasteiger partial charge in [0.05, 0.1) is 76.7 Å². The Morgan fingerprint density at radius 2 is 0.892 bits per heavy atom. The second-order valence-electron chi connectivity index (χ2n) is 19.5. The summed E-state index contributed by atoms with van der Waals surface area (Å²) in [5.41, 5.74) is 3.86. The van der Waals surface area contributed by atoms with Crippen molar-refractivity contribution in [2.24, 2.45) is 0 Å². The Morgan fingerprint density at radius 1 is 0.527 bits per heavy atom. The number of alkyl halides is 1. The van der Waals surface area contributed by atoms with Crippen LogP contribution in [0.4, 0.5) is 31.5 Å². The molecule has 2 atom stereocenters. The van der Waals surface area contributed by atoms with Crippen molar-refractivity contribution in [3.05, 3.63) is 193 Å². The number of halogens is 3. The largest absolute Gasteiger partial charge is 1.00 e. The minimum Gasteiger partial charge on any atom is -1.00 e. The zero-order chi connectivity index (χ0) is 66.8. The molecule has 0 unspecified atom stereocenters. The van der Waals surface area contributed by atoms with Crippen LogP contribution in [0.15, 0.2) is 180 Å². The maximum atomic E-state index is 14.0. The fraction of sp³-hybridized carbons (Fsp3) is 0.246. The van der Waals surface area contributed by atoms with E-state index in [1.807, 2.05) is 66.1 Å². The first-order valence-corrected chi connectivity index (χ1v) is 31.5. The van der Waals surface area contributed by atoms with Gasteiger partial charge in [-0.1, -0.05) is 88.7 Å². The number of carbonyl (C=O) groups excluding carboxylic acids is 5. The Hall–Kier alpha value is -6.10. The number of esters is 4. The first-order chi connectivity index (χ1) is 43.5. The van der Waals surface area contributed by atoms with E-state index in [2.05, 4.69) is 30.3 Å². The van der Waals surface area contributed by atoms with E-state index in [4.69, 9.17) is 33.7 Å². The van der Waals surface area contributed by atoms with Gasteiger partial charge in [-0.15, -0.1) is 0 Å². The van der Waals surface area contributed by atoms with E-state index in [0.29, 0.717) is 52.1 Å². The number of hydrogen-bond donors (Lipinski definition) is 1. The van der Waals surface area contributed by atoms with Crippen molar-refractivity contribution < 1.29 is 192 Å². The molecule has 0 aliphatic rings. The number of nitrogens with one attached hydrogen (secondary N) is 1. The molecule has 0 saturated carbocycles. The van der Waals surface area contributed by atoms with Crippen molar-refractivity contribution >= 4 is 111 Å². The van der Waals surface area contributed by atoms with Crippen LogP contribution < -0.4 is 136 Å². The number of anilines is 4. The number of fused-ring (bicyclic) bond motifs is 2. The number of sulfonamides is 2. The average molecular weight is 1440 g/mol. The zero-order valence-electron chi connectivity index (χ0n) is 53.9. The number of benzene rings is 8. The van der Waals surface area contributed by atoms with Crippen LogP contribution in [0.25, 0.3) is 21.5 Å². The van der Waals surface area contributed by atoms with Gasteiger partial charge in [-0.2, -0.15) is 0 Å². The normalized spacial score (nSPS) is 11.2. The fourth-order valence-corrected chi connectivity index (χ4v) is 11.9. The molecule has 1 N–H and O–H groups in total. The van der Waals surface area contributed by atoms with Gasteiger partial charge < -0.3 is 49.8 Å². The molecule has 93 heavy (non-hydrogen) atoms. The van der Waals surface area contributed by atoms with Gasteiger partial charge in [0.25, 0.3) is 26.5 Å². The van der Waals surface area contributed by atoms with Crippen molar-refractivity contribution in [1.29, 1.82) is 0 Å². The third-order valence-corrected chi connectivity index (χ3v) is 17.4. The predicted octanol–water partition coefficient (Wildman–Crippen LogP) is 4.17. The minimum absolute atomic E-state index is 0. The van der Waals surface area contributed by atoms with Gasteiger partial charge in [-0.05, 0) is 122 Å². The molecule has 8 aromatic carbocycles. The zero-order valence-corrected chi connectivity index (χ0v) is 62.3. The number of ether oxygens (including phenoxy) is 6. The second kappa shape index (κ2) is 40.3. The molecule has 0 heterocycles. The Morgan fingerprint density at radius 3 is 1.27 bits per heavy atom. The molecule has 0 radical (unpaired) electrons. The van der Waals surface area contributed by atoms with Gasteiger partial charge in [-0.3, -0.25) is 33.0 Å². The van der Waals surface area contributed by atoms with E-state index >= 15 is 0 Å². The maximum absolute atomic E-state index is 14.0. The summed E-state index contributed by atoms with van der Waals surface area (Å²) in [7, 11) is 0.106. The van der Waals surface area contributed by atoms with Crippen molar-refractivity contribution in [3.8, 4) is 11.5 Å². The van der Waals surface area contributed by atoms with Crippen LogP contribution in [0.2, 0.25) is 0 Å². The van der Waals surface area contributed by atoms with Crippen LogP contribution in [-0.4, -0.2) is 114 Å². The molecule has 0 bridgehead atoms. The summed E-state index contributed by atoms with van der Waals surface area (Å²) in [6.45, 7) is 3.78. The third kappa shape index (κ3) is 23.7. The van der Waals surface area contributed by atoms with E-state index in [9.17, 15) is 44.8 Å². The molecule has 0 saturated heterocycles. The van der Waals surface area contributed by atoms with Gasteiger partial charge in [0.1, 0.15) is 35.0 Å². The van der Waals surface area contributed by atoms with Crippen LogP contribution >= 0.6 is 15.9 Å². The smallest absolute Gasteiger partial charge is 1.00 e. The van der Waals surface area contributed by atoms with Gasteiger partial charge >= 0.3 is 127 Å². The summed E-state index contributed by atoms with van der Waals surface area (Å²) in [6.07, 6.45) is 0.214. The van der Waals surface area contributed by atoms with E-state index in [1.54, 1.807) is 66.7 Å². The van der Waals surface area contributed by atoms with Gasteiger partial charge in [-0.25, -0.2) is 25.6 Å². The molecule has 8 aromatic rings. The molecule has 0 spiro atoms. The molecular formula is C65H69BrF2K2N4O17S2. The van der Waals surface area contributed by atoms with Gasteiger partial charge in [0.15, 0.2) is 0 Å². The van der Waals surface area contributed by atoms with Crippen molar-refractivity contribution in [2.75, 3.05) is 73.4 Å². The number of nitrogens with zero attached hydrogens (tertiary/aromatic N) is 3. The van der Waals surface area contributed by atoms with Crippen LogP contribution in [0.5, 0.6) is 11.5 Å². The quantitative estimate of drug-likeness (QED) is 0.0169. The van der Waals surface area contributed by atoms with Crippen molar-refractivity contribution in [3.63, 3.8) is 0 Å². The Balaban J connectivity index is 0.000000546. The average Bonchev–Trinajstić information content (AvgIpc) is 0.769. The minimum atomic E-state index is -4.23. The summed E-state index contributed by atoms with van der Waals surface area (Å²) in [4.78, 5) is 62.1. The molecule has 21 nitrogen and oxygen atoms in total. The fourth-order valence-electron chi connectivity index (χ4n) is 9.13. The first-order valence-electron chi connectivity index (χ1n) is 27.5. The van der Waals surface area contributed by atoms with E-state index < -0.39 is 38.5 Å². The second-order valence-corrected chi connectivity index (χ2v) is 23.6. The summed E-state index contributed by atoms with van der Waals surface area (Å²) in [5.74, 6) is -1.39. The molecule has 0 aromatic heterocycles. The molecular weight excluding hydrogens is 1370 g/mol. The summed E-state index contributed by atoms with van der Waals surface area (Å²) in [6, 6.07) is 45.2. The third-order valence-electron chi connectivity index (χ3n) is 13.8. The summed E-state index contributed by atoms with van der Waals surface area (Å²) in [5, 5.41) is 11.4. The Kier molecular flexibility index (Phi) is 35.2. The van der Waals surface area contributed by atoms with Crippen LogP contribution in [0.3, 0.4) is 0 Å². The Bertz CT molecular complexity index is 3960. The summed E-state index contributed by atoms with van der Waals surface area (Å²) < 4.78 is 114. The number of carbonyl (C=O) groups is 5.